The van der Waals surface area contributed by atoms with E-state index in [4.69, 9.17) is 8.83 Å². The highest BCUT2D eigenvalue weighted by atomic mass is 16.3. The van der Waals surface area contributed by atoms with Gasteiger partial charge in [0.1, 0.15) is 22.7 Å². The minimum absolute atomic E-state index is 0.479. The molecule has 0 radical (unpaired) electrons. The van der Waals surface area contributed by atoms with Gasteiger partial charge in [-0.2, -0.15) is 0 Å². The molecule has 2 unspecified atom stereocenters. The molecular formula is C130H86N4O2. The van der Waals surface area contributed by atoms with Crippen LogP contribution >= 0.6 is 0 Å². The van der Waals surface area contributed by atoms with E-state index in [2.05, 4.69) is 519 Å². The number of nitrogens with zero attached hydrogens (tertiary/aromatic N) is 4. The fourth-order valence-corrected chi connectivity index (χ4v) is 25.2. The van der Waals surface area contributed by atoms with Crippen molar-refractivity contribution in [2.75, 3.05) is 19.6 Å². The summed E-state index contributed by atoms with van der Waals surface area (Å²) in [4.78, 5) is 9.83. The second kappa shape index (κ2) is 29.6. The monoisotopic (exact) mass is 1730 g/mol. The van der Waals surface area contributed by atoms with Crippen LogP contribution in [0.5, 0.6) is 0 Å². The van der Waals surface area contributed by atoms with Crippen LogP contribution < -0.4 is 19.6 Å². The van der Waals surface area contributed by atoms with Crippen molar-refractivity contribution in [2.24, 2.45) is 0 Å². The third-order valence-electron chi connectivity index (χ3n) is 30.4. The summed E-state index contributed by atoms with van der Waals surface area (Å²) >= 11 is 0. The van der Waals surface area contributed by atoms with Gasteiger partial charge in [0.05, 0.1) is 27.6 Å². The van der Waals surface area contributed by atoms with Crippen molar-refractivity contribution in [2.45, 2.75) is 35.5 Å². The van der Waals surface area contributed by atoms with Gasteiger partial charge in [0, 0.05) is 101 Å². The lowest BCUT2D eigenvalue weighted by molar-refractivity contribution is 0.628. The van der Waals surface area contributed by atoms with Gasteiger partial charge in [-0.15, -0.1) is 0 Å². The predicted octanol–water partition coefficient (Wildman–Crippen LogP) is 34.1. The van der Waals surface area contributed by atoms with Gasteiger partial charge in [-0.1, -0.05) is 341 Å². The fraction of sp³-hybridized carbons (Fsp3) is 0.0462. The Labute approximate surface area is 790 Å². The molecule has 0 bridgehead atoms. The summed E-state index contributed by atoms with van der Waals surface area (Å²) in [6.45, 7) is 4.91. The first kappa shape index (κ1) is 77.4. The minimum atomic E-state index is -0.810. The zero-order valence-corrected chi connectivity index (χ0v) is 74.8. The zero-order valence-electron chi connectivity index (χ0n) is 74.8. The van der Waals surface area contributed by atoms with Gasteiger partial charge in [-0.3, -0.25) is 0 Å². The first-order chi connectivity index (χ1) is 67.3. The highest BCUT2D eigenvalue weighted by Gasteiger charge is 2.59. The Bertz CT molecular complexity index is 8530. The Morgan fingerprint density at radius 3 is 1.02 bits per heavy atom. The van der Waals surface area contributed by atoms with Gasteiger partial charge < -0.3 is 28.4 Å². The number of fused-ring (bicyclic) bond motifs is 30. The van der Waals surface area contributed by atoms with Crippen LogP contribution in [0.4, 0.5) is 68.2 Å². The molecule has 22 aromatic rings. The molecule has 0 aliphatic heterocycles. The lowest BCUT2D eigenvalue weighted by atomic mass is 9.67. The Morgan fingerprint density at radius 2 is 0.500 bits per heavy atom. The average Bonchev–Trinajstić information content (AvgIpc) is 1.42. The summed E-state index contributed by atoms with van der Waals surface area (Å²) in [7, 11) is 0. The highest BCUT2D eigenvalue weighted by molar-refractivity contribution is 6.10. The Hall–Kier alpha value is -17.3. The maximum atomic E-state index is 7.59. The quantitative estimate of drug-likeness (QED) is 0.102. The van der Waals surface area contributed by atoms with Crippen LogP contribution in [0, 0.1) is 0 Å². The molecule has 2 heterocycles. The number of rotatable bonds is 15. The number of anilines is 12. The minimum Gasteiger partial charge on any atom is -0.456 e. The first-order valence-electron chi connectivity index (χ1n) is 47.3. The molecule has 2 spiro atoms. The van der Waals surface area contributed by atoms with Crippen LogP contribution in [-0.2, 0) is 21.7 Å². The molecule has 2 aromatic heterocycles. The van der Waals surface area contributed by atoms with E-state index >= 15 is 0 Å². The molecular weight excluding hydrogens is 1650 g/mol. The Kier molecular flexibility index (Phi) is 16.9. The van der Waals surface area contributed by atoms with E-state index in [1.807, 2.05) is 0 Å². The van der Waals surface area contributed by atoms with Crippen LogP contribution in [-0.4, -0.2) is 0 Å². The van der Waals surface area contributed by atoms with Crippen molar-refractivity contribution in [3.63, 3.8) is 0 Å². The van der Waals surface area contributed by atoms with Gasteiger partial charge in [0.2, 0.25) is 0 Å². The van der Waals surface area contributed by atoms with Gasteiger partial charge in [0.25, 0.3) is 0 Å². The van der Waals surface area contributed by atoms with Crippen LogP contribution in [0.2, 0.25) is 0 Å². The van der Waals surface area contributed by atoms with Crippen LogP contribution in [0.1, 0.15) is 91.7 Å². The summed E-state index contributed by atoms with van der Waals surface area (Å²) in [5.41, 5.74) is 42.9. The van der Waals surface area contributed by atoms with Gasteiger partial charge in [-0.05, 0) is 275 Å². The number of hydrogen-bond donors (Lipinski definition) is 0. The average molecular weight is 1740 g/mol. The second-order valence-electron chi connectivity index (χ2n) is 37.5. The smallest absolute Gasteiger partial charge is 0.142 e. The molecule has 20 aromatic carbocycles. The Balaban J connectivity index is 0.590. The lowest BCUT2D eigenvalue weighted by Crippen LogP contribution is -2.29. The van der Waals surface area contributed by atoms with Crippen molar-refractivity contribution in [3.8, 4) is 78.3 Å². The molecule has 0 N–H and O–H groups in total. The summed E-state index contributed by atoms with van der Waals surface area (Å²) in [6.07, 6.45) is 0. The molecule has 136 heavy (non-hydrogen) atoms. The van der Waals surface area contributed by atoms with E-state index in [9.17, 15) is 0 Å². The molecule has 0 saturated heterocycles. The van der Waals surface area contributed by atoms with Crippen molar-refractivity contribution in [1.29, 1.82) is 0 Å². The van der Waals surface area contributed by atoms with Gasteiger partial charge >= 0.3 is 0 Å². The second-order valence-corrected chi connectivity index (χ2v) is 37.5. The molecule has 6 aliphatic rings. The van der Waals surface area contributed by atoms with Crippen molar-refractivity contribution >= 4 is 90.2 Å². The molecule has 28 rings (SSSR count). The van der Waals surface area contributed by atoms with Gasteiger partial charge in [-0.25, -0.2) is 0 Å². The van der Waals surface area contributed by atoms with Crippen LogP contribution in [0.25, 0.3) is 100 Å². The molecule has 638 valence electrons. The lowest BCUT2D eigenvalue weighted by Gasteiger charge is -2.35. The zero-order chi connectivity index (χ0) is 89.7. The SMILES string of the molecule is CC1(C)c2cc(N(c3ccccc3)c3ccc4c(c3)C3(c5ccccc5-c5ccc(N(c6ccccc6)c6ccccc6)cc53)c3c-4oc4ccccc34)ccc2-c2cccc(-c3ccc4c(c3)C(c3ccccc3)(c3ccccc3)c3cc(N(c5ccccc5)c5cccc6c5-c5oc7ccccc7c5C65c6ccccc6-c6c(N(c7ccccc7)c7ccccc7)cccc65)ccc3-4)c21. The fourth-order valence-electron chi connectivity index (χ4n) is 25.2. The van der Waals surface area contributed by atoms with Gasteiger partial charge in [0.15, 0.2) is 0 Å². The van der Waals surface area contributed by atoms with E-state index in [-0.39, 0.29) is 0 Å². The number of benzene rings is 20. The molecule has 0 amide bonds. The van der Waals surface area contributed by atoms with Crippen molar-refractivity contribution < 1.29 is 8.83 Å². The third-order valence-corrected chi connectivity index (χ3v) is 30.4. The van der Waals surface area contributed by atoms with E-state index < -0.39 is 21.7 Å². The normalized spacial score (nSPS) is 15.5. The van der Waals surface area contributed by atoms with Crippen molar-refractivity contribution in [1.82, 2.24) is 0 Å². The number of para-hydroxylation sites is 8. The van der Waals surface area contributed by atoms with E-state index in [1.165, 1.54) is 122 Å². The largest absolute Gasteiger partial charge is 0.456 e. The summed E-state index contributed by atoms with van der Waals surface area (Å²) < 4.78 is 14.9. The molecule has 0 saturated carbocycles. The number of hydrogen-bond acceptors (Lipinski definition) is 6. The Morgan fingerprint density at radius 1 is 0.184 bits per heavy atom. The van der Waals surface area contributed by atoms with E-state index in [1.54, 1.807) is 0 Å². The third kappa shape index (κ3) is 10.7. The number of furan rings is 2. The standard InChI is InChI=1S/C130H86N4O2/c1-127(2)111-79-92(132(88-46-19-7-20-47-88)94-72-77-104-115(81-94)130(123-105-56-29-33-66-118(105)135-125(104)123)107-60-31-27-54-97(107)99-74-69-93(80-114(99)130)131(86-42-15-5-16-43-86)87-44-17-6-18-45-87)70-76-101(111)102-59-35-58-96(122(102)127)83-68-73-98-100-75-71-95(82-113(100)128(112(98)78-83,84-38-11-3-12-39-84)85-40-13-4-14-41-85)134(91-52-25-10-26-53-91)117-65-37-63-110-121(117)126-124(106-57-30-34-67-119(106)136-126)129(110)108-61-32-28-55-103(108)120-109(129)62-36-64-116(120)133(89-48-21-8-22-49-89)90-50-23-9-24-51-90/h3-82H,1-2H3. The van der Waals surface area contributed by atoms with Crippen molar-refractivity contribution in [3.05, 3.63) is 563 Å². The maximum Gasteiger partial charge on any atom is 0.142 e. The predicted molar refractivity (Wildman–Crippen MR) is 558 cm³/mol. The summed E-state index contributed by atoms with van der Waals surface area (Å²) in [5, 5.41) is 2.21. The molecule has 2 atom stereocenters. The summed E-state index contributed by atoms with van der Waals surface area (Å²) in [5.74, 6) is 1.79. The highest BCUT2D eigenvalue weighted by Crippen LogP contribution is 2.71. The molecule has 6 heteroatoms. The first-order valence-corrected chi connectivity index (χ1v) is 47.3. The van der Waals surface area contributed by atoms with Crippen LogP contribution in [0.15, 0.2) is 494 Å². The molecule has 0 fully saturated rings. The van der Waals surface area contributed by atoms with E-state index in [0.717, 1.165) is 124 Å². The molecule has 6 nitrogen and oxygen atoms in total. The topological polar surface area (TPSA) is 39.2 Å². The molecule has 6 aliphatic carbocycles. The van der Waals surface area contributed by atoms with Crippen LogP contribution in [0.3, 0.4) is 0 Å². The van der Waals surface area contributed by atoms with E-state index in [0.29, 0.717) is 0 Å². The summed E-state index contributed by atoms with van der Waals surface area (Å²) in [6, 6.07) is 181. The maximum absolute atomic E-state index is 7.59.